The summed E-state index contributed by atoms with van der Waals surface area (Å²) in [6.45, 7) is 4.35. The van der Waals surface area contributed by atoms with Crippen molar-refractivity contribution in [3.8, 4) is 0 Å². The van der Waals surface area contributed by atoms with E-state index in [4.69, 9.17) is 11.6 Å². The molecule has 1 fully saturated rings. The molecule has 1 rings (SSSR count). The van der Waals surface area contributed by atoms with Gasteiger partial charge in [0.2, 0.25) is 5.91 Å². The van der Waals surface area contributed by atoms with Crippen molar-refractivity contribution in [2.75, 3.05) is 5.88 Å². The number of rotatable bonds is 3. The zero-order valence-electron chi connectivity index (χ0n) is 10.5. The van der Waals surface area contributed by atoms with Crippen molar-refractivity contribution in [2.24, 2.45) is 11.8 Å². The van der Waals surface area contributed by atoms with Crippen LogP contribution in [0.25, 0.3) is 0 Å². The van der Waals surface area contributed by atoms with Crippen molar-refractivity contribution in [3.63, 3.8) is 0 Å². The summed E-state index contributed by atoms with van der Waals surface area (Å²) in [5.74, 6) is 0.480. The molecule has 0 saturated heterocycles. The molecule has 0 bridgehead atoms. The number of hydrogen-bond acceptors (Lipinski definition) is 2. The van der Waals surface area contributed by atoms with Gasteiger partial charge in [-0.2, -0.15) is 0 Å². The Morgan fingerprint density at radius 3 is 2.65 bits per heavy atom. The second-order valence-electron chi connectivity index (χ2n) is 4.72. The predicted octanol–water partition coefficient (Wildman–Crippen LogP) is 2.27. The number of carbonyl (C=O) groups excluding carboxylic acids is 2. The average Bonchev–Trinajstić information content (AvgIpc) is 2.31. The summed E-state index contributed by atoms with van der Waals surface area (Å²) in [7, 11) is 0. The van der Waals surface area contributed by atoms with Gasteiger partial charge in [0.1, 0.15) is 5.88 Å². The Bertz CT molecular complexity index is 284. The van der Waals surface area contributed by atoms with Crippen molar-refractivity contribution in [3.05, 3.63) is 0 Å². The van der Waals surface area contributed by atoms with E-state index in [1.54, 1.807) is 0 Å². The fraction of sp³-hybridized carbons (Fsp3) is 0.833. The maximum absolute atomic E-state index is 11.5. The number of amides is 3. The number of hydrogen-bond donors (Lipinski definition) is 2. The van der Waals surface area contributed by atoms with E-state index >= 15 is 0 Å². The molecule has 3 unspecified atom stereocenters. The lowest BCUT2D eigenvalue weighted by Gasteiger charge is -2.35. The second kappa shape index (κ2) is 6.84. The van der Waals surface area contributed by atoms with E-state index in [0.717, 1.165) is 19.3 Å². The van der Waals surface area contributed by atoms with Crippen LogP contribution in [0, 0.1) is 11.8 Å². The van der Waals surface area contributed by atoms with Crippen molar-refractivity contribution in [2.45, 2.75) is 45.6 Å². The van der Waals surface area contributed by atoms with Gasteiger partial charge in [-0.15, -0.1) is 11.6 Å². The monoisotopic (exact) mass is 260 g/mol. The minimum absolute atomic E-state index is 0.164. The van der Waals surface area contributed by atoms with Crippen molar-refractivity contribution in [1.82, 2.24) is 10.6 Å². The van der Waals surface area contributed by atoms with Crippen LogP contribution >= 0.6 is 11.6 Å². The van der Waals surface area contributed by atoms with E-state index < -0.39 is 11.9 Å². The van der Waals surface area contributed by atoms with E-state index in [2.05, 4.69) is 24.5 Å². The van der Waals surface area contributed by atoms with E-state index in [1.165, 1.54) is 6.42 Å². The van der Waals surface area contributed by atoms with Gasteiger partial charge in [-0.25, -0.2) is 4.79 Å². The maximum Gasteiger partial charge on any atom is 0.321 e. The first-order valence-electron chi connectivity index (χ1n) is 6.24. The van der Waals surface area contributed by atoms with Crippen LogP contribution in [0.1, 0.15) is 39.5 Å². The van der Waals surface area contributed by atoms with Gasteiger partial charge in [0.15, 0.2) is 0 Å². The molecule has 3 amide bonds. The topological polar surface area (TPSA) is 58.2 Å². The Balaban J connectivity index is 2.44. The predicted molar refractivity (Wildman–Crippen MR) is 68.0 cm³/mol. The average molecular weight is 261 g/mol. The largest absolute Gasteiger partial charge is 0.335 e. The quantitative estimate of drug-likeness (QED) is 0.765. The molecule has 1 aliphatic rings. The molecule has 1 aliphatic carbocycles. The molecule has 1 saturated carbocycles. The van der Waals surface area contributed by atoms with E-state index in [0.29, 0.717) is 11.8 Å². The summed E-state index contributed by atoms with van der Waals surface area (Å²) in [5, 5.41) is 5.08. The van der Waals surface area contributed by atoms with Crippen LogP contribution in [0.5, 0.6) is 0 Å². The van der Waals surface area contributed by atoms with Crippen LogP contribution in [0.2, 0.25) is 0 Å². The molecule has 0 aromatic rings. The van der Waals surface area contributed by atoms with Gasteiger partial charge >= 0.3 is 6.03 Å². The first-order valence-corrected chi connectivity index (χ1v) is 6.78. The van der Waals surface area contributed by atoms with Crippen LogP contribution < -0.4 is 10.6 Å². The molecule has 4 nitrogen and oxygen atoms in total. The summed E-state index contributed by atoms with van der Waals surface area (Å²) in [6.07, 6.45) is 4.50. The number of carbonyl (C=O) groups is 2. The van der Waals surface area contributed by atoms with Crippen molar-refractivity contribution in [1.29, 1.82) is 0 Å². The number of alkyl halides is 1. The second-order valence-corrected chi connectivity index (χ2v) is 4.99. The molecule has 0 spiro atoms. The smallest absolute Gasteiger partial charge is 0.321 e. The lowest BCUT2D eigenvalue weighted by atomic mass is 9.76. The number of urea groups is 1. The van der Waals surface area contributed by atoms with E-state index in [9.17, 15) is 9.59 Å². The Kier molecular flexibility index (Phi) is 5.75. The lowest BCUT2D eigenvalue weighted by molar-refractivity contribution is -0.117. The van der Waals surface area contributed by atoms with Crippen LogP contribution in [-0.4, -0.2) is 23.9 Å². The van der Waals surface area contributed by atoms with Crippen LogP contribution in [0.15, 0.2) is 0 Å². The Morgan fingerprint density at radius 1 is 1.35 bits per heavy atom. The minimum atomic E-state index is -0.459. The number of imide groups is 1. The standard InChI is InChI=1S/C12H21ClN2O2/c1-3-9-5-4-6-10(8(9)2)14-12(17)15-11(16)7-13/h8-10H,3-7H2,1-2H3,(H2,14,15,16,17). The Hall–Kier alpha value is -0.770. The molecule has 0 aromatic carbocycles. The van der Waals surface area contributed by atoms with E-state index in [1.807, 2.05) is 0 Å². The number of halogens is 1. The molecule has 0 heterocycles. The highest BCUT2D eigenvalue weighted by Gasteiger charge is 2.29. The molecule has 0 radical (unpaired) electrons. The normalized spacial score (nSPS) is 28.5. The summed E-state index contributed by atoms with van der Waals surface area (Å²) in [5.41, 5.74) is 0. The summed E-state index contributed by atoms with van der Waals surface area (Å²) < 4.78 is 0. The molecule has 17 heavy (non-hydrogen) atoms. The van der Waals surface area contributed by atoms with Crippen molar-refractivity contribution >= 4 is 23.5 Å². The highest BCUT2D eigenvalue weighted by Crippen LogP contribution is 2.31. The molecule has 3 atom stereocenters. The van der Waals surface area contributed by atoms with Gasteiger partial charge in [0.05, 0.1) is 0 Å². The highest BCUT2D eigenvalue weighted by atomic mass is 35.5. The molecule has 98 valence electrons. The molecular formula is C12H21ClN2O2. The summed E-state index contributed by atoms with van der Waals surface area (Å²) in [6, 6.07) is -0.263. The highest BCUT2D eigenvalue weighted by molar-refractivity contribution is 6.28. The molecule has 0 aliphatic heterocycles. The Morgan fingerprint density at radius 2 is 2.06 bits per heavy atom. The first-order chi connectivity index (χ1) is 8.08. The summed E-state index contributed by atoms with van der Waals surface area (Å²) >= 11 is 5.32. The third kappa shape index (κ3) is 4.19. The fourth-order valence-electron chi connectivity index (χ4n) is 2.60. The van der Waals surface area contributed by atoms with Gasteiger partial charge in [-0.3, -0.25) is 10.1 Å². The third-order valence-electron chi connectivity index (χ3n) is 3.68. The zero-order valence-corrected chi connectivity index (χ0v) is 11.2. The summed E-state index contributed by atoms with van der Waals surface area (Å²) in [4.78, 5) is 22.5. The lowest BCUT2D eigenvalue weighted by Crippen LogP contribution is -2.49. The van der Waals surface area contributed by atoms with Gasteiger partial charge < -0.3 is 5.32 Å². The molecule has 0 aromatic heterocycles. The van der Waals surface area contributed by atoms with Crippen LogP contribution in [0.3, 0.4) is 0 Å². The van der Waals surface area contributed by atoms with Gasteiger partial charge in [-0.05, 0) is 18.3 Å². The fourth-order valence-corrected chi connectivity index (χ4v) is 2.67. The zero-order chi connectivity index (χ0) is 12.8. The maximum atomic E-state index is 11.5. The van der Waals surface area contributed by atoms with Crippen molar-refractivity contribution < 1.29 is 9.59 Å². The van der Waals surface area contributed by atoms with Crippen LogP contribution in [0.4, 0.5) is 4.79 Å². The van der Waals surface area contributed by atoms with E-state index in [-0.39, 0.29) is 11.9 Å². The minimum Gasteiger partial charge on any atom is -0.335 e. The molecule has 2 N–H and O–H groups in total. The molecular weight excluding hydrogens is 240 g/mol. The number of nitrogens with one attached hydrogen (secondary N) is 2. The van der Waals surface area contributed by atoms with Gasteiger partial charge in [-0.1, -0.05) is 33.1 Å². The Labute approximate surface area is 107 Å². The SMILES string of the molecule is CCC1CCCC(NC(=O)NC(=O)CCl)C1C. The van der Waals surface area contributed by atoms with Gasteiger partial charge in [0, 0.05) is 6.04 Å². The van der Waals surface area contributed by atoms with Crippen LogP contribution in [-0.2, 0) is 4.79 Å². The van der Waals surface area contributed by atoms with Gasteiger partial charge in [0.25, 0.3) is 0 Å². The molecule has 5 heteroatoms. The first kappa shape index (κ1) is 14.3. The third-order valence-corrected chi connectivity index (χ3v) is 3.93.